The van der Waals surface area contributed by atoms with Gasteiger partial charge >= 0.3 is 0 Å². The highest BCUT2D eigenvalue weighted by molar-refractivity contribution is 7.98. The van der Waals surface area contributed by atoms with Gasteiger partial charge in [-0.2, -0.15) is 0 Å². The van der Waals surface area contributed by atoms with E-state index in [2.05, 4.69) is 27.9 Å². The maximum absolute atomic E-state index is 13.0. The van der Waals surface area contributed by atoms with Gasteiger partial charge in [-0.1, -0.05) is 35.5 Å². The summed E-state index contributed by atoms with van der Waals surface area (Å²) < 4.78 is 18.6. The number of nitrogens with one attached hydrogen (secondary N) is 2. The molecule has 32 heavy (non-hydrogen) atoms. The van der Waals surface area contributed by atoms with Crippen molar-refractivity contribution in [3.63, 3.8) is 0 Å². The lowest BCUT2D eigenvalue weighted by atomic mass is 9.81. The van der Waals surface area contributed by atoms with Crippen molar-refractivity contribution < 1.29 is 13.7 Å². The number of benzene rings is 2. The number of halogens is 1. The number of carbonyl (C=O) groups is 1. The summed E-state index contributed by atoms with van der Waals surface area (Å²) in [4.78, 5) is 13.7. The van der Waals surface area contributed by atoms with Crippen molar-refractivity contribution in [2.24, 2.45) is 11.8 Å². The van der Waals surface area contributed by atoms with Crippen LogP contribution in [0.25, 0.3) is 0 Å². The number of rotatable bonds is 9. The Kier molecular flexibility index (Phi) is 7.96. The summed E-state index contributed by atoms with van der Waals surface area (Å²) in [6.45, 7) is 2.21. The van der Waals surface area contributed by atoms with Crippen molar-refractivity contribution in [1.29, 1.82) is 0 Å². The lowest BCUT2D eigenvalue weighted by molar-refractivity contribution is -0.122. The van der Waals surface area contributed by atoms with E-state index in [1.54, 1.807) is 23.9 Å². The van der Waals surface area contributed by atoms with Crippen molar-refractivity contribution in [3.8, 4) is 0 Å². The average molecular weight is 454 g/mol. The zero-order valence-electron chi connectivity index (χ0n) is 17.9. The Balaban J connectivity index is 1.27. The molecule has 1 fully saturated rings. The van der Waals surface area contributed by atoms with Crippen LogP contribution in [0.4, 0.5) is 4.39 Å². The maximum Gasteiger partial charge on any atom is 0.220 e. The minimum atomic E-state index is -0.271. The van der Waals surface area contributed by atoms with Crippen molar-refractivity contribution in [2.75, 3.05) is 13.1 Å². The second-order valence-electron chi connectivity index (χ2n) is 8.21. The monoisotopic (exact) mass is 453 g/mol. The van der Waals surface area contributed by atoms with E-state index in [0.717, 1.165) is 48.7 Å². The normalized spacial score (nSPS) is 18.4. The number of thioether (sulfide) groups is 1. The summed E-state index contributed by atoms with van der Waals surface area (Å²) in [5.41, 5.74) is 1.84. The molecule has 0 unspecified atom stereocenters. The molecule has 1 amide bonds. The van der Waals surface area contributed by atoms with Crippen molar-refractivity contribution in [3.05, 3.63) is 83.5 Å². The molecule has 3 aromatic rings. The summed E-state index contributed by atoms with van der Waals surface area (Å²) in [6.07, 6.45) is 2.24. The van der Waals surface area contributed by atoms with E-state index in [0.29, 0.717) is 24.8 Å². The van der Waals surface area contributed by atoms with Gasteiger partial charge in [-0.3, -0.25) is 4.79 Å². The molecular formula is C25H28FN3O2S. The SMILES string of the molecule is O=C(C[C@@H]1CCNC[C@H]1Cc1cc(CSc2ccccc2)on1)NCc1ccc(F)cc1. The minimum Gasteiger partial charge on any atom is -0.360 e. The molecule has 5 nitrogen and oxygen atoms in total. The zero-order chi connectivity index (χ0) is 22.2. The van der Waals surface area contributed by atoms with Crippen LogP contribution in [0.3, 0.4) is 0 Å². The van der Waals surface area contributed by atoms with Crippen LogP contribution >= 0.6 is 11.8 Å². The molecule has 168 valence electrons. The van der Waals surface area contributed by atoms with Gasteiger partial charge in [0, 0.05) is 23.9 Å². The summed E-state index contributed by atoms with van der Waals surface area (Å²) in [5.74, 6) is 2.00. The molecule has 1 aliphatic heterocycles. The molecule has 2 heterocycles. The number of carbonyl (C=O) groups excluding carboxylic acids is 1. The molecule has 1 aliphatic rings. The Morgan fingerprint density at radius 3 is 2.78 bits per heavy atom. The van der Waals surface area contributed by atoms with Gasteiger partial charge in [0.1, 0.15) is 11.6 Å². The largest absolute Gasteiger partial charge is 0.360 e. The van der Waals surface area contributed by atoms with Crippen LogP contribution in [0.2, 0.25) is 0 Å². The highest BCUT2D eigenvalue weighted by Crippen LogP contribution is 2.27. The first-order valence-electron chi connectivity index (χ1n) is 11.0. The van der Waals surface area contributed by atoms with E-state index < -0.39 is 0 Å². The second kappa shape index (κ2) is 11.3. The Morgan fingerprint density at radius 2 is 1.97 bits per heavy atom. The fraction of sp³-hybridized carbons (Fsp3) is 0.360. The molecule has 1 aromatic heterocycles. The van der Waals surface area contributed by atoms with Crippen LogP contribution in [0, 0.1) is 17.7 Å². The van der Waals surface area contributed by atoms with Gasteiger partial charge in [0.05, 0.1) is 11.4 Å². The van der Waals surface area contributed by atoms with E-state index in [1.165, 1.54) is 17.0 Å². The van der Waals surface area contributed by atoms with E-state index >= 15 is 0 Å². The Bertz CT molecular complexity index is 994. The van der Waals surface area contributed by atoms with E-state index in [1.807, 2.05) is 24.3 Å². The Labute approximate surface area is 192 Å². The standard InChI is InChI=1S/C25H28FN3O2S/c26-21-8-6-18(7-9-21)15-28-25(30)13-19-10-11-27-16-20(19)12-22-14-23(31-29-22)17-32-24-4-2-1-3-5-24/h1-9,14,19-20,27H,10-13,15-17H2,(H,28,30)/t19-,20+/m0/s1. The number of hydrogen-bond acceptors (Lipinski definition) is 5. The lowest BCUT2D eigenvalue weighted by Gasteiger charge is -2.31. The van der Waals surface area contributed by atoms with E-state index in [9.17, 15) is 9.18 Å². The van der Waals surface area contributed by atoms with E-state index in [4.69, 9.17) is 4.52 Å². The maximum atomic E-state index is 13.0. The topological polar surface area (TPSA) is 67.2 Å². The van der Waals surface area contributed by atoms with Crippen LogP contribution in [-0.2, 0) is 23.5 Å². The molecule has 7 heteroatoms. The van der Waals surface area contributed by atoms with Crippen molar-refractivity contribution in [2.45, 2.75) is 36.5 Å². The predicted molar refractivity (Wildman–Crippen MR) is 124 cm³/mol. The molecular weight excluding hydrogens is 425 g/mol. The fourth-order valence-corrected chi connectivity index (χ4v) is 4.85. The van der Waals surface area contributed by atoms with Gasteiger partial charge in [0.15, 0.2) is 0 Å². The predicted octanol–water partition coefficient (Wildman–Crippen LogP) is 4.58. The van der Waals surface area contributed by atoms with Gasteiger partial charge in [-0.05, 0) is 67.6 Å². The molecule has 0 saturated carbocycles. The molecule has 2 aromatic carbocycles. The van der Waals surface area contributed by atoms with Crippen LogP contribution < -0.4 is 10.6 Å². The number of piperidine rings is 1. The zero-order valence-corrected chi connectivity index (χ0v) is 18.7. The van der Waals surface area contributed by atoms with Gasteiger partial charge in [-0.15, -0.1) is 11.8 Å². The second-order valence-corrected chi connectivity index (χ2v) is 9.26. The van der Waals surface area contributed by atoms with Crippen molar-refractivity contribution in [1.82, 2.24) is 15.8 Å². The summed E-state index contributed by atoms with van der Waals surface area (Å²) >= 11 is 1.73. The third-order valence-electron chi connectivity index (χ3n) is 5.82. The molecule has 2 N–H and O–H groups in total. The molecule has 1 saturated heterocycles. The number of nitrogens with zero attached hydrogens (tertiary/aromatic N) is 1. The molecule has 0 bridgehead atoms. The molecule has 0 aliphatic carbocycles. The number of amides is 1. The Morgan fingerprint density at radius 1 is 1.16 bits per heavy atom. The van der Waals surface area contributed by atoms with Gasteiger partial charge in [0.2, 0.25) is 5.91 Å². The first kappa shape index (κ1) is 22.6. The van der Waals surface area contributed by atoms with Crippen LogP contribution in [-0.4, -0.2) is 24.2 Å². The first-order valence-corrected chi connectivity index (χ1v) is 12.0. The molecule has 2 atom stereocenters. The van der Waals surface area contributed by atoms with Gasteiger partial charge in [-0.25, -0.2) is 4.39 Å². The van der Waals surface area contributed by atoms with Crippen LogP contribution in [0.5, 0.6) is 0 Å². The highest BCUT2D eigenvalue weighted by atomic mass is 32.2. The average Bonchev–Trinajstić information content (AvgIpc) is 3.27. The first-order chi connectivity index (χ1) is 15.7. The minimum absolute atomic E-state index is 0.0336. The number of hydrogen-bond donors (Lipinski definition) is 2. The molecule has 0 radical (unpaired) electrons. The summed E-state index contributed by atoms with van der Waals surface area (Å²) in [7, 11) is 0. The third-order valence-corrected chi connectivity index (χ3v) is 6.85. The molecule has 4 rings (SSSR count). The quantitative estimate of drug-likeness (QED) is 0.464. The van der Waals surface area contributed by atoms with E-state index in [-0.39, 0.29) is 11.7 Å². The smallest absolute Gasteiger partial charge is 0.220 e. The molecule has 0 spiro atoms. The lowest BCUT2D eigenvalue weighted by Crippen LogP contribution is -2.40. The fourth-order valence-electron chi connectivity index (χ4n) is 4.06. The van der Waals surface area contributed by atoms with Crippen LogP contribution in [0.1, 0.15) is 29.9 Å². The van der Waals surface area contributed by atoms with Crippen molar-refractivity contribution >= 4 is 17.7 Å². The highest BCUT2D eigenvalue weighted by Gasteiger charge is 2.28. The summed E-state index contributed by atoms with van der Waals surface area (Å²) in [6, 6.07) is 18.5. The Hall–Kier alpha value is -2.64. The summed E-state index contributed by atoms with van der Waals surface area (Å²) in [5, 5.41) is 10.7. The third kappa shape index (κ3) is 6.68. The van der Waals surface area contributed by atoms with Crippen LogP contribution in [0.15, 0.2) is 70.1 Å². The van der Waals surface area contributed by atoms with Gasteiger partial charge in [0.25, 0.3) is 0 Å². The number of aromatic nitrogens is 1. The van der Waals surface area contributed by atoms with Gasteiger partial charge < -0.3 is 15.2 Å².